The maximum absolute atomic E-state index is 12.3. The van der Waals surface area contributed by atoms with Crippen molar-refractivity contribution in [3.63, 3.8) is 0 Å². The first-order valence-corrected chi connectivity index (χ1v) is 11.1. The SMILES string of the molecule is O=C(COc1ccc(C2=CN(Cc3ccc(Cl)cc3)NN2)cc1)Nc1ccc2cnccc2c1. The maximum atomic E-state index is 12.3. The molecule has 3 aromatic carbocycles. The minimum absolute atomic E-state index is 0.0783. The highest BCUT2D eigenvalue weighted by Gasteiger charge is 2.13. The Bertz CT molecular complexity index is 1340. The number of hydrogen-bond donors (Lipinski definition) is 3. The van der Waals surface area contributed by atoms with E-state index in [-0.39, 0.29) is 12.5 Å². The lowest BCUT2D eigenvalue weighted by atomic mass is 10.1. The first kappa shape index (κ1) is 21.8. The second kappa shape index (κ2) is 9.82. The first-order valence-electron chi connectivity index (χ1n) is 10.7. The van der Waals surface area contributed by atoms with Crippen LogP contribution in [0.5, 0.6) is 5.75 Å². The monoisotopic (exact) mass is 471 g/mol. The van der Waals surface area contributed by atoms with Crippen molar-refractivity contribution in [3.8, 4) is 5.75 Å². The number of nitrogens with one attached hydrogen (secondary N) is 3. The number of carbonyl (C=O) groups is 1. The third kappa shape index (κ3) is 5.28. The fraction of sp³-hybridized carbons (Fsp3) is 0.0769. The fourth-order valence-corrected chi connectivity index (χ4v) is 3.73. The number of halogens is 1. The Morgan fingerprint density at radius 2 is 1.82 bits per heavy atom. The molecule has 2 heterocycles. The molecule has 8 heteroatoms. The zero-order valence-corrected chi connectivity index (χ0v) is 18.9. The molecule has 0 saturated carbocycles. The van der Waals surface area contributed by atoms with Crippen molar-refractivity contribution < 1.29 is 9.53 Å². The van der Waals surface area contributed by atoms with Gasteiger partial charge in [-0.05, 0) is 65.5 Å². The number of hydrazine groups is 2. The summed E-state index contributed by atoms with van der Waals surface area (Å²) in [4.78, 5) is 16.4. The summed E-state index contributed by atoms with van der Waals surface area (Å²) >= 11 is 5.95. The van der Waals surface area contributed by atoms with Gasteiger partial charge in [0.25, 0.3) is 5.91 Å². The molecule has 1 aromatic heterocycles. The second-order valence-electron chi connectivity index (χ2n) is 7.83. The van der Waals surface area contributed by atoms with Crippen molar-refractivity contribution in [1.29, 1.82) is 0 Å². The van der Waals surface area contributed by atoms with Gasteiger partial charge in [-0.15, -0.1) is 5.53 Å². The van der Waals surface area contributed by atoms with Crippen LogP contribution >= 0.6 is 11.6 Å². The number of carbonyl (C=O) groups excluding carboxylic acids is 1. The van der Waals surface area contributed by atoms with E-state index >= 15 is 0 Å². The van der Waals surface area contributed by atoms with Crippen molar-refractivity contribution in [2.24, 2.45) is 0 Å². The third-order valence-corrected chi connectivity index (χ3v) is 5.60. The van der Waals surface area contributed by atoms with Crippen LogP contribution in [-0.4, -0.2) is 22.5 Å². The van der Waals surface area contributed by atoms with E-state index in [0.29, 0.717) is 12.3 Å². The quantitative estimate of drug-likeness (QED) is 0.361. The predicted octanol–water partition coefficient (Wildman–Crippen LogP) is 4.73. The molecule has 0 spiro atoms. The van der Waals surface area contributed by atoms with Gasteiger partial charge in [-0.2, -0.15) is 0 Å². The van der Waals surface area contributed by atoms with E-state index in [1.807, 2.05) is 84.0 Å². The van der Waals surface area contributed by atoms with Crippen molar-refractivity contribution in [2.45, 2.75) is 6.54 Å². The molecule has 170 valence electrons. The minimum Gasteiger partial charge on any atom is -0.484 e. The number of amides is 1. The van der Waals surface area contributed by atoms with Gasteiger partial charge in [-0.25, -0.2) is 0 Å². The molecule has 0 radical (unpaired) electrons. The number of aromatic nitrogens is 1. The molecule has 1 amide bonds. The minimum atomic E-state index is -0.223. The molecule has 34 heavy (non-hydrogen) atoms. The molecule has 4 aromatic rings. The van der Waals surface area contributed by atoms with Crippen LogP contribution in [0, 0.1) is 0 Å². The van der Waals surface area contributed by atoms with Crippen molar-refractivity contribution in [2.75, 3.05) is 11.9 Å². The van der Waals surface area contributed by atoms with Crippen LogP contribution in [0.15, 0.2) is 91.4 Å². The Kier molecular flexibility index (Phi) is 6.29. The van der Waals surface area contributed by atoms with E-state index in [2.05, 4.69) is 21.3 Å². The highest BCUT2D eigenvalue weighted by molar-refractivity contribution is 6.30. The molecule has 0 bridgehead atoms. The predicted molar refractivity (Wildman–Crippen MR) is 134 cm³/mol. The number of fused-ring (bicyclic) bond motifs is 1. The molecule has 1 aliphatic heterocycles. The van der Waals surface area contributed by atoms with E-state index in [0.717, 1.165) is 38.3 Å². The summed E-state index contributed by atoms with van der Waals surface area (Å²) in [6.45, 7) is 0.614. The lowest BCUT2D eigenvalue weighted by molar-refractivity contribution is -0.118. The van der Waals surface area contributed by atoms with Gasteiger partial charge < -0.3 is 15.5 Å². The third-order valence-electron chi connectivity index (χ3n) is 5.34. The molecule has 0 atom stereocenters. The van der Waals surface area contributed by atoms with Gasteiger partial charge in [0.15, 0.2) is 6.61 Å². The van der Waals surface area contributed by atoms with E-state index in [4.69, 9.17) is 16.3 Å². The van der Waals surface area contributed by atoms with E-state index in [1.54, 1.807) is 12.4 Å². The molecule has 3 N–H and O–H groups in total. The Hall–Kier alpha value is -4.07. The standard InChI is InChI=1S/C26H22ClN5O2/c27-22-6-1-18(2-7-22)15-32-16-25(30-31-32)19-4-9-24(10-5-19)34-17-26(33)29-23-8-3-21-14-28-12-11-20(21)13-23/h1-14,16,30-31H,15,17H2,(H,29,33). The number of rotatable bonds is 7. The van der Waals surface area contributed by atoms with Crippen LogP contribution < -0.4 is 21.0 Å². The van der Waals surface area contributed by atoms with Crippen LogP contribution in [0.1, 0.15) is 11.1 Å². The summed E-state index contributed by atoms with van der Waals surface area (Å²) in [6.07, 6.45) is 5.51. The van der Waals surface area contributed by atoms with Crippen LogP contribution in [0.3, 0.4) is 0 Å². The van der Waals surface area contributed by atoms with E-state index in [9.17, 15) is 4.79 Å². The summed E-state index contributed by atoms with van der Waals surface area (Å²) in [6, 6.07) is 22.9. The Balaban J connectivity index is 1.14. The van der Waals surface area contributed by atoms with Gasteiger partial charge in [0.05, 0.1) is 12.2 Å². The lowest BCUT2D eigenvalue weighted by Crippen LogP contribution is -2.35. The van der Waals surface area contributed by atoms with Crippen molar-refractivity contribution in [3.05, 3.63) is 108 Å². The van der Waals surface area contributed by atoms with Gasteiger partial charge in [-0.1, -0.05) is 29.8 Å². The molecule has 5 rings (SSSR count). The van der Waals surface area contributed by atoms with Gasteiger partial charge in [0.1, 0.15) is 5.75 Å². The zero-order valence-electron chi connectivity index (χ0n) is 18.2. The first-order chi connectivity index (χ1) is 16.6. The highest BCUT2D eigenvalue weighted by atomic mass is 35.5. The Morgan fingerprint density at radius 3 is 2.65 bits per heavy atom. The number of ether oxygens (including phenoxy) is 1. The van der Waals surface area contributed by atoms with Crippen LogP contribution in [0.25, 0.3) is 16.5 Å². The molecule has 7 nitrogen and oxygen atoms in total. The van der Waals surface area contributed by atoms with Crippen LogP contribution in [0.2, 0.25) is 5.02 Å². The number of anilines is 1. The summed E-state index contributed by atoms with van der Waals surface area (Å²) in [5.74, 6) is 0.396. The molecule has 0 saturated heterocycles. The number of benzene rings is 3. The molecule has 1 aliphatic rings. The topological polar surface area (TPSA) is 78.5 Å². The molecular formula is C26H22ClN5O2. The van der Waals surface area contributed by atoms with E-state index in [1.165, 1.54) is 0 Å². The largest absolute Gasteiger partial charge is 0.484 e. The van der Waals surface area contributed by atoms with Crippen molar-refractivity contribution in [1.82, 2.24) is 21.0 Å². The Labute approximate surface area is 202 Å². The zero-order chi connectivity index (χ0) is 23.3. The average Bonchev–Trinajstić information content (AvgIpc) is 3.33. The summed E-state index contributed by atoms with van der Waals surface area (Å²) < 4.78 is 5.66. The molecule has 0 unspecified atom stereocenters. The van der Waals surface area contributed by atoms with Crippen LogP contribution in [0.4, 0.5) is 5.69 Å². The van der Waals surface area contributed by atoms with Crippen LogP contribution in [-0.2, 0) is 11.3 Å². The molecule has 0 aliphatic carbocycles. The fourth-order valence-electron chi connectivity index (χ4n) is 3.61. The number of nitrogens with zero attached hydrogens (tertiary/aromatic N) is 2. The normalized spacial score (nSPS) is 12.9. The summed E-state index contributed by atoms with van der Waals surface area (Å²) in [7, 11) is 0. The van der Waals surface area contributed by atoms with Gasteiger partial charge in [-0.3, -0.25) is 14.8 Å². The van der Waals surface area contributed by atoms with Gasteiger partial charge in [0, 0.05) is 40.3 Å². The van der Waals surface area contributed by atoms with Gasteiger partial charge >= 0.3 is 0 Å². The number of pyridine rings is 1. The second-order valence-corrected chi connectivity index (χ2v) is 8.27. The number of hydrogen-bond acceptors (Lipinski definition) is 6. The highest BCUT2D eigenvalue weighted by Crippen LogP contribution is 2.21. The smallest absolute Gasteiger partial charge is 0.262 e. The average molecular weight is 472 g/mol. The Morgan fingerprint density at radius 1 is 1.00 bits per heavy atom. The summed E-state index contributed by atoms with van der Waals surface area (Å²) in [5, 5.41) is 7.57. The van der Waals surface area contributed by atoms with E-state index < -0.39 is 0 Å². The van der Waals surface area contributed by atoms with Crippen molar-refractivity contribution >= 4 is 39.7 Å². The molecule has 0 fully saturated rings. The lowest BCUT2D eigenvalue weighted by Gasteiger charge is -2.14. The summed E-state index contributed by atoms with van der Waals surface area (Å²) in [5.41, 5.74) is 10.1. The molecular weight excluding hydrogens is 450 g/mol. The maximum Gasteiger partial charge on any atom is 0.262 e. The van der Waals surface area contributed by atoms with Gasteiger partial charge in [0.2, 0.25) is 0 Å².